The topological polar surface area (TPSA) is 24.9 Å². The second-order valence-electron chi connectivity index (χ2n) is 4.66. The van der Waals surface area contributed by atoms with E-state index in [2.05, 4.69) is 24.1 Å². The van der Waals surface area contributed by atoms with Crippen molar-refractivity contribution in [1.29, 1.82) is 0 Å². The number of halogens is 1. The van der Waals surface area contributed by atoms with Crippen LogP contribution >= 0.6 is 0 Å². The zero-order valence-electron chi connectivity index (χ0n) is 9.20. The Labute approximate surface area is 89.9 Å². The van der Waals surface area contributed by atoms with E-state index in [4.69, 9.17) is 0 Å². The van der Waals surface area contributed by atoms with E-state index in [0.29, 0.717) is 11.9 Å². The molecule has 82 valence electrons. The Kier molecular flexibility index (Phi) is 2.89. The number of pyridine rings is 1. The van der Waals surface area contributed by atoms with E-state index in [1.165, 1.54) is 18.9 Å². The maximum Gasteiger partial charge on any atom is 0.214 e. The van der Waals surface area contributed by atoms with Crippen LogP contribution in [0.4, 0.5) is 10.2 Å². The van der Waals surface area contributed by atoms with Crippen molar-refractivity contribution in [3.05, 3.63) is 24.1 Å². The van der Waals surface area contributed by atoms with Gasteiger partial charge in [-0.3, -0.25) is 0 Å². The molecule has 2 nitrogen and oxygen atoms in total. The maximum absolute atomic E-state index is 12.8. The molecule has 1 fully saturated rings. The Hall–Kier alpha value is -1.12. The van der Waals surface area contributed by atoms with Crippen molar-refractivity contribution in [2.45, 2.75) is 32.7 Å². The molecule has 0 bridgehead atoms. The summed E-state index contributed by atoms with van der Waals surface area (Å²) in [6.45, 7) is 4.50. The summed E-state index contributed by atoms with van der Waals surface area (Å²) in [5, 5.41) is 3.25. The number of hydrogen-bond acceptors (Lipinski definition) is 2. The maximum atomic E-state index is 12.8. The van der Waals surface area contributed by atoms with Crippen LogP contribution in [-0.4, -0.2) is 11.0 Å². The van der Waals surface area contributed by atoms with Gasteiger partial charge in [-0.2, -0.15) is 4.39 Å². The summed E-state index contributed by atoms with van der Waals surface area (Å²) < 4.78 is 12.8. The van der Waals surface area contributed by atoms with Gasteiger partial charge in [-0.25, -0.2) is 4.98 Å². The fourth-order valence-corrected chi connectivity index (χ4v) is 2.02. The van der Waals surface area contributed by atoms with Gasteiger partial charge in [0.2, 0.25) is 5.95 Å². The summed E-state index contributed by atoms with van der Waals surface area (Å²) in [6.07, 6.45) is 2.35. The molecule has 0 radical (unpaired) electrons. The molecule has 1 aromatic heterocycles. The Morgan fingerprint density at radius 3 is 2.73 bits per heavy atom. The molecule has 0 atom stereocenters. The first-order chi connectivity index (χ1) is 7.15. The third kappa shape index (κ3) is 2.46. The standard InChI is InChI=1S/C12H17FN2/c1-8(2)9-6-10(7-9)14-12-5-3-4-11(13)15-12/h3-5,8-10H,6-7H2,1-2H3,(H,14,15). The van der Waals surface area contributed by atoms with Gasteiger partial charge < -0.3 is 5.32 Å². The van der Waals surface area contributed by atoms with E-state index in [0.717, 1.165) is 11.8 Å². The fraction of sp³-hybridized carbons (Fsp3) is 0.583. The fourth-order valence-electron chi connectivity index (χ4n) is 2.02. The lowest BCUT2D eigenvalue weighted by atomic mass is 9.74. The molecule has 0 spiro atoms. The highest BCUT2D eigenvalue weighted by atomic mass is 19.1. The highest BCUT2D eigenvalue weighted by molar-refractivity contribution is 5.35. The van der Waals surface area contributed by atoms with Crippen LogP contribution in [0, 0.1) is 17.8 Å². The van der Waals surface area contributed by atoms with Crippen molar-refractivity contribution in [2.75, 3.05) is 5.32 Å². The number of hydrogen-bond donors (Lipinski definition) is 1. The van der Waals surface area contributed by atoms with E-state index in [-0.39, 0.29) is 0 Å². The Morgan fingerprint density at radius 2 is 2.13 bits per heavy atom. The third-order valence-electron chi connectivity index (χ3n) is 3.18. The van der Waals surface area contributed by atoms with E-state index < -0.39 is 5.95 Å². The van der Waals surface area contributed by atoms with E-state index in [1.807, 2.05) is 6.07 Å². The van der Waals surface area contributed by atoms with Gasteiger partial charge in [-0.15, -0.1) is 0 Å². The van der Waals surface area contributed by atoms with E-state index in [1.54, 1.807) is 6.07 Å². The first-order valence-electron chi connectivity index (χ1n) is 5.54. The van der Waals surface area contributed by atoms with E-state index in [9.17, 15) is 4.39 Å². The molecule has 0 aliphatic heterocycles. The largest absolute Gasteiger partial charge is 0.367 e. The lowest BCUT2D eigenvalue weighted by Gasteiger charge is -2.38. The summed E-state index contributed by atoms with van der Waals surface area (Å²) >= 11 is 0. The molecular weight excluding hydrogens is 191 g/mol. The molecule has 0 unspecified atom stereocenters. The molecule has 1 aliphatic carbocycles. The molecule has 3 heteroatoms. The number of nitrogens with one attached hydrogen (secondary N) is 1. The van der Waals surface area contributed by atoms with Gasteiger partial charge in [0.25, 0.3) is 0 Å². The normalized spacial score (nSPS) is 25.1. The minimum Gasteiger partial charge on any atom is -0.367 e. The molecule has 0 saturated heterocycles. The third-order valence-corrected chi connectivity index (χ3v) is 3.18. The molecule has 1 heterocycles. The van der Waals surface area contributed by atoms with Crippen molar-refractivity contribution in [3.8, 4) is 0 Å². The van der Waals surface area contributed by atoms with E-state index >= 15 is 0 Å². The zero-order chi connectivity index (χ0) is 10.8. The van der Waals surface area contributed by atoms with Gasteiger partial charge in [0, 0.05) is 6.04 Å². The summed E-state index contributed by atoms with van der Waals surface area (Å²) in [5.41, 5.74) is 0. The zero-order valence-corrected chi connectivity index (χ0v) is 9.20. The first kappa shape index (κ1) is 10.4. The SMILES string of the molecule is CC(C)C1CC(Nc2cccc(F)n2)C1. The lowest BCUT2D eigenvalue weighted by molar-refractivity contribution is 0.211. The van der Waals surface area contributed by atoms with Crippen molar-refractivity contribution in [3.63, 3.8) is 0 Å². The highest BCUT2D eigenvalue weighted by Gasteiger charge is 2.31. The van der Waals surface area contributed by atoms with Crippen LogP contribution < -0.4 is 5.32 Å². The van der Waals surface area contributed by atoms with Crippen LogP contribution in [0.25, 0.3) is 0 Å². The number of nitrogens with zero attached hydrogens (tertiary/aromatic N) is 1. The molecule has 0 amide bonds. The van der Waals surface area contributed by atoms with Crippen LogP contribution in [0.3, 0.4) is 0 Å². The summed E-state index contributed by atoms with van der Waals surface area (Å²) in [6, 6.07) is 5.34. The van der Waals surface area contributed by atoms with Gasteiger partial charge in [0.1, 0.15) is 5.82 Å². The van der Waals surface area contributed by atoms with Crippen LogP contribution in [-0.2, 0) is 0 Å². The molecule has 1 aromatic rings. The van der Waals surface area contributed by atoms with Gasteiger partial charge in [-0.05, 0) is 36.8 Å². The van der Waals surface area contributed by atoms with Gasteiger partial charge >= 0.3 is 0 Å². The Morgan fingerprint density at radius 1 is 1.40 bits per heavy atom. The van der Waals surface area contributed by atoms with Gasteiger partial charge in [-0.1, -0.05) is 19.9 Å². The quantitative estimate of drug-likeness (QED) is 0.772. The molecule has 1 saturated carbocycles. The molecule has 1 N–H and O–H groups in total. The number of aromatic nitrogens is 1. The molecule has 15 heavy (non-hydrogen) atoms. The monoisotopic (exact) mass is 208 g/mol. The average Bonchev–Trinajstić information content (AvgIpc) is 2.10. The van der Waals surface area contributed by atoms with Crippen LogP contribution in [0.15, 0.2) is 18.2 Å². The smallest absolute Gasteiger partial charge is 0.214 e. The van der Waals surface area contributed by atoms with Crippen molar-refractivity contribution >= 4 is 5.82 Å². The number of rotatable bonds is 3. The van der Waals surface area contributed by atoms with Crippen molar-refractivity contribution < 1.29 is 4.39 Å². The van der Waals surface area contributed by atoms with Crippen LogP contribution in [0.5, 0.6) is 0 Å². The Balaban J connectivity index is 1.85. The van der Waals surface area contributed by atoms with Gasteiger partial charge in [0.05, 0.1) is 0 Å². The second-order valence-corrected chi connectivity index (χ2v) is 4.66. The minimum atomic E-state index is -0.417. The second kappa shape index (κ2) is 4.17. The highest BCUT2D eigenvalue weighted by Crippen LogP contribution is 2.35. The average molecular weight is 208 g/mol. The molecular formula is C12H17FN2. The predicted molar refractivity (Wildman–Crippen MR) is 59.2 cm³/mol. The minimum absolute atomic E-state index is 0.417. The van der Waals surface area contributed by atoms with Crippen molar-refractivity contribution in [2.24, 2.45) is 11.8 Å². The van der Waals surface area contributed by atoms with Crippen molar-refractivity contribution in [1.82, 2.24) is 4.98 Å². The molecule has 2 rings (SSSR count). The first-order valence-corrected chi connectivity index (χ1v) is 5.54. The molecule has 1 aliphatic rings. The van der Waals surface area contributed by atoms with Crippen LogP contribution in [0.1, 0.15) is 26.7 Å². The predicted octanol–water partition coefficient (Wildman–Crippen LogP) is 3.07. The lowest BCUT2D eigenvalue weighted by Crippen LogP contribution is -2.38. The Bertz CT molecular complexity index is 332. The summed E-state index contributed by atoms with van der Waals surface area (Å²) in [7, 11) is 0. The van der Waals surface area contributed by atoms with Gasteiger partial charge in [0.15, 0.2) is 0 Å². The number of anilines is 1. The summed E-state index contributed by atoms with van der Waals surface area (Å²) in [5.74, 6) is 1.81. The van der Waals surface area contributed by atoms with Crippen LogP contribution in [0.2, 0.25) is 0 Å². The summed E-state index contributed by atoms with van der Waals surface area (Å²) in [4.78, 5) is 3.79. The molecule has 0 aromatic carbocycles.